The zero-order valence-electron chi connectivity index (χ0n) is 14.5. The van der Waals surface area contributed by atoms with Gasteiger partial charge in [-0.05, 0) is 37.8 Å². The van der Waals surface area contributed by atoms with Gasteiger partial charge in [0, 0.05) is 18.8 Å². The van der Waals surface area contributed by atoms with Crippen LogP contribution >= 0.6 is 0 Å². The second-order valence-corrected chi connectivity index (χ2v) is 7.11. The molecule has 27 heavy (non-hydrogen) atoms. The molecule has 0 radical (unpaired) electrons. The third kappa shape index (κ3) is 2.69. The van der Waals surface area contributed by atoms with Crippen LogP contribution in [0, 0.1) is 0 Å². The Bertz CT molecular complexity index is 1020. The number of rotatable bonds is 5. The Kier molecular flexibility index (Phi) is 3.38. The summed E-state index contributed by atoms with van der Waals surface area (Å²) >= 11 is 0. The van der Waals surface area contributed by atoms with Gasteiger partial charge in [0.05, 0.1) is 5.69 Å². The number of hydrogen-bond acceptors (Lipinski definition) is 7. The first-order valence-electron chi connectivity index (χ1n) is 8.94. The van der Waals surface area contributed by atoms with Crippen LogP contribution < -0.4 is 10.2 Å². The summed E-state index contributed by atoms with van der Waals surface area (Å²) in [5.41, 5.74) is 0.633. The maximum Gasteiger partial charge on any atom is 0.326 e. The molecular formula is C17H19N7O3. The number of carboxylic acids is 1. The Balaban J connectivity index is 1.51. The molecule has 140 valence electrons. The predicted octanol–water partition coefficient (Wildman–Crippen LogP) is 1.23. The van der Waals surface area contributed by atoms with E-state index in [9.17, 15) is 15.0 Å². The Morgan fingerprint density at radius 1 is 1.41 bits per heavy atom. The largest absolute Gasteiger partial charge is 0.480 e. The van der Waals surface area contributed by atoms with E-state index in [1.165, 1.54) is 0 Å². The first-order valence-corrected chi connectivity index (χ1v) is 8.94. The molecule has 0 spiro atoms. The molecule has 1 aliphatic carbocycles. The quantitative estimate of drug-likeness (QED) is 0.528. The summed E-state index contributed by atoms with van der Waals surface area (Å²) in [5.74, 6) is 0.562. The Labute approximate surface area is 153 Å². The van der Waals surface area contributed by atoms with Crippen molar-refractivity contribution in [3.8, 4) is 0 Å². The Morgan fingerprint density at radius 2 is 2.26 bits per heavy atom. The van der Waals surface area contributed by atoms with E-state index >= 15 is 0 Å². The summed E-state index contributed by atoms with van der Waals surface area (Å²) in [4.78, 5) is 17.8. The molecular weight excluding hydrogens is 350 g/mol. The first-order chi connectivity index (χ1) is 13.0. The fourth-order valence-electron chi connectivity index (χ4n) is 3.53. The van der Waals surface area contributed by atoms with Gasteiger partial charge in [0.1, 0.15) is 17.2 Å². The van der Waals surface area contributed by atoms with Gasteiger partial charge in [-0.2, -0.15) is 10.1 Å². The number of hydrogen-bond donors (Lipinski definition) is 4. The highest BCUT2D eigenvalue weighted by Gasteiger charge is 2.44. The van der Waals surface area contributed by atoms with Gasteiger partial charge < -0.3 is 20.4 Å². The molecule has 4 N–H and O–H groups in total. The van der Waals surface area contributed by atoms with Gasteiger partial charge >= 0.3 is 5.97 Å². The molecule has 0 unspecified atom stereocenters. The van der Waals surface area contributed by atoms with Crippen LogP contribution in [0.3, 0.4) is 0 Å². The molecule has 3 aromatic heterocycles. The Morgan fingerprint density at radius 3 is 3.04 bits per heavy atom. The average Bonchev–Trinajstić information content (AvgIpc) is 3.13. The van der Waals surface area contributed by atoms with Crippen LogP contribution in [0.5, 0.6) is 0 Å². The van der Waals surface area contributed by atoms with Gasteiger partial charge in [0.25, 0.3) is 0 Å². The third-order valence-electron chi connectivity index (χ3n) is 5.22. The molecule has 5 rings (SSSR count). The predicted molar refractivity (Wildman–Crippen MR) is 96.0 cm³/mol. The lowest BCUT2D eigenvalue weighted by Crippen LogP contribution is -2.37. The van der Waals surface area contributed by atoms with Gasteiger partial charge in [0.15, 0.2) is 11.6 Å². The smallest absolute Gasteiger partial charge is 0.326 e. The van der Waals surface area contributed by atoms with Gasteiger partial charge in [-0.3, -0.25) is 5.10 Å². The molecule has 2 aliphatic rings. The van der Waals surface area contributed by atoms with Crippen molar-refractivity contribution in [1.82, 2.24) is 24.8 Å². The van der Waals surface area contributed by atoms with Crippen LogP contribution in [0.15, 0.2) is 24.4 Å². The second-order valence-electron chi connectivity index (χ2n) is 7.11. The normalized spacial score (nSPS) is 20.9. The number of nitrogens with zero attached hydrogens (tertiary/aromatic N) is 5. The van der Waals surface area contributed by atoms with Crippen molar-refractivity contribution in [2.75, 3.05) is 16.8 Å². The fourth-order valence-corrected chi connectivity index (χ4v) is 3.53. The van der Waals surface area contributed by atoms with Crippen LogP contribution in [-0.4, -0.2) is 53.6 Å². The van der Waals surface area contributed by atoms with Crippen LogP contribution in [0.25, 0.3) is 5.52 Å². The summed E-state index contributed by atoms with van der Waals surface area (Å²) in [6, 6.07) is 4.86. The average molecular weight is 369 g/mol. The summed E-state index contributed by atoms with van der Waals surface area (Å²) in [7, 11) is 0. The van der Waals surface area contributed by atoms with Gasteiger partial charge in [-0.15, -0.1) is 5.10 Å². The van der Waals surface area contributed by atoms with E-state index in [0.29, 0.717) is 36.2 Å². The van der Waals surface area contributed by atoms with E-state index in [2.05, 4.69) is 25.6 Å². The molecule has 3 aromatic rings. The van der Waals surface area contributed by atoms with Crippen molar-refractivity contribution in [2.24, 2.45) is 0 Å². The van der Waals surface area contributed by atoms with Crippen LogP contribution in [0.1, 0.15) is 31.4 Å². The number of fused-ring (bicyclic) bond motifs is 1. The van der Waals surface area contributed by atoms with E-state index in [-0.39, 0.29) is 0 Å². The topological polar surface area (TPSA) is 132 Å². The first kappa shape index (κ1) is 16.1. The molecule has 2 fully saturated rings. The van der Waals surface area contributed by atoms with E-state index in [1.54, 1.807) is 21.7 Å². The number of aromatic nitrogens is 5. The van der Waals surface area contributed by atoms with Crippen molar-refractivity contribution in [3.05, 3.63) is 30.1 Å². The number of aliphatic carboxylic acids is 1. The Hall–Kier alpha value is -3.14. The lowest BCUT2D eigenvalue weighted by Gasteiger charge is -2.22. The van der Waals surface area contributed by atoms with E-state index in [1.807, 2.05) is 12.1 Å². The number of nitrogens with one attached hydrogen (secondary N) is 2. The van der Waals surface area contributed by atoms with Crippen molar-refractivity contribution >= 4 is 29.1 Å². The molecule has 0 aromatic carbocycles. The molecule has 1 atom stereocenters. The second kappa shape index (κ2) is 5.68. The molecule has 4 heterocycles. The van der Waals surface area contributed by atoms with Crippen LogP contribution in [-0.2, 0) is 10.4 Å². The third-order valence-corrected chi connectivity index (χ3v) is 5.22. The number of anilines is 3. The monoisotopic (exact) mass is 369 g/mol. The van der Waals surface area contributed by atoms with Crippen LogP contribution in [0.2, 0.25) is 0 Å². The van der Waals surface area contributed by atoms with Crippen molar-refractivity contribution in [3.63, 3.8) is 0 Å². The van der Waals surface area contributed by atoms with Crippen molar-refractivity contribution in [2.45, 2.75) is 37.3 Å². The highest BCUT2D eigenvalue weighted by Crippen LogP contribution is 2.44. The maximum atomic E-state index is 11.5. The summed E-state index contributed by atoms with van der Waals surface area (Å²) in [6.07, 6.45) is 4.60. The summed E-state index contributed by atoms with van der Waals surface area (Å²) in [6.45, 7) is 0.600. The number of H-pyrrole nitrogens is 1. The molecule has 1 saturated heterocycles. The van der Waals surface area contributed by atoms with Gasteiger partial charge in [0.2, 0.25) is 5.95 Å². The highest BCUT2D eigenvalue weighted by molar-refractivity contribution is 5.79. The maximum absolute atomic E-state index is 11.5. The molecule has 0 bridgehead atoms. The lowest BCUT2D eigenvalue weighted by molar-refractivity contribution is -0.138. The zero-order valence-corrected chi connectivity index (χ0v) is 14.5. The zero-order chi connectivity index (χ0) is 18.6. The van der Waals surface area contributed by atoms with Crippen LogP contribution in [0.4, 0.5) is 17.6 Å². The number of carboxylic acid groups (broad SMARTS) is 1. The lowest BCUT2D eigenvalue weighted by atomic mass is 10.2. The van der Waals surface area contributed by atoms with Crippen molar-refractivity contribution in [1.29, 1.82) is 0 Å². The molecule has 0 amide bonds. The molecule has 1 saturated carbocycles. The summed E-state index contributed by atoms with van der Waals surface area (Å²) < 4.78 is 1.67. The SMILES string of the molecule is O=C(O)[C@@H]1CCCN1c1nc(Nc2cc(C3(O)CC3)[nH]n2)c2cccn2n1. The minimum Gasteiger partial charge on any atom is -0.480 e. The van der Waals surface area contributed by atoms with Crippen molar-refractivity contribution < 1.29 is 15.0 Å². The van der Waals surface area contributed by atoms with E-state index in [0.717, 1.165) is 24.8 Å². The molecule has 10 nitrogen and oxygen atoms in total. The summed E-state index contributed by atoms with van der Waals surface area (Å²) in [5, 5.41) is 34.3. The highest BCUT2D eigenvalue weighted by atomic mass is 16.4. The number of aromatic amines is 1. The minimum absolute atomic E-state index is 0.364. The number of aliphatic hydroxyl groups is 1. The van der Waals surface area contributed by atoms with Gasteiger partial charge in [-0.25, -0.2) is 9.31 Å². The van der Waals surface area contributed by atoms with Gasteiger partial charge in [-0.1, -0.05) is 0 Å². The van der Waals surface area contributed by atoms with E-state index < -0.39 is 17.6 Å². The number of carbonyl (C=O) groups is 1. The minimum atomic E-state index is -0.868. The van der Waals surface area contributed by atoms with E-state index in [4.69, 9.17) is 0 Å². The molecule has 1 aliphatic heterocycles. The standard InChI is InChI=1S/C17H19N7O3/c25-15(26)11-4-1-7-23(11)16-19-14(10-3-2-8-24(10)22-16)18-13-9-12(20-21-13)17(27)5-6-17/h2-3,8-9,11,27H,1,4-7H2,(H,25,26)(H2,18,19,20,21,22)/t11-/m0/s1. The fraction of sp³-hybridized carbons (Fsp3) is 0.412. The molecule has 10 heteroatoms.